The zero-order valence-electron chi connectivity index (χ0n) is 14.8. The monoisotopic (exact) mass is 428 g/mol. The number of para-hydroxylation sites is 1. The van der Waals surface area contributed by atoms with Crippen molar-refractivity contribution in [2.45, 2.75) is 13.8 Å². The summed E-state index contributed by atoms with van der Waals surface area (Å²) in [5.74, 6) is -0.866. The van der Waals surface area contributed by atoms with E-state index in [1.807, 2.05) is 13.8 Å². The van der Waals surface area contributed by atoms with Gasteiger partial charge in [0.15, 0.2) is 0 Å². The van der Waals surface area contributed by atoms with Gasteiger partial charge in [-0.3, -0.25) is 14.9 Å². The normalized spacial score (nSPS) is 15.9. The fourth-order valence-corrected chi connectivity index (χ4v) is 2.95. The Morgan fingerprint density at radius 3 is 2.59 bits per heavy atom. The van der Waals surface area contributed by atoms with E-state index in [-0.39, 0.29) is 5.57 Å². The van der Waals surface area contributed by atoms with Crippen LogP contribution in [0.1, 0.15) is 18.1 Å². The summed E-state index contributed by atoms with van der Waals surface area (Å²) < 4.78 is 6.39. The van der Waals surface area contributed by atoms with Crippen molar-refractivity contribution < 1.29 is 19.1 Å². The first-order chi connectivity index (χ1) is 12.9. The number of aryl methyl sites for hydroxylation is 1. The van der Waals surface area contributed by atoms with Crippen LogP contribution in [0.2, 0.25) is 0 Å². The van der Waals surface area contributed by atoms with E-state index in [0.29, 0.717) is 23.6 Å². The number of hydrogen-bond acceptors (Lipinski definition) is 4. The highest BCUT2D eigenvalue weighted by Gasteiger charge is 2.37. The molecule has 0 aliphatic carbocycles. The lowest BCUT2D eigenvalue weighted by atomic mass is 10.1. The number of anilines is 1. The van der Waals surface area contributed by atoms with Crippen LogP contribution in [-0.2, 0) is 9.59 Å². The summed E-state index contributed by atoms with van der Waals surface area (Å²) in [5, 5.41) is 2.22. The van der Waals surface area contributed by atoms with Crippen LogP contribution in [0.5, 0.6) is 5.75 Å². The molecule has 0 saturated carbocycles. The van der Waals surface area contributed by atoms with Crippen LogP contribution in [0.15, 0.2) is 52.5 Å². The predicted octanol–water partition coefficient (Wildman–Crippen LogP) is 3.82. The highest BCUT2D eigenvalue weighted by Crippen LogP contribution is 2.27. The summed E-state index contributed by atoms with van der Waals surface area (Å²) in [4.78, 5) is 38.5. The maximum Gasteiger partial charge on any atom is 0.335 e. The van der Waals surface area contributed by atoms with Crippen molar-refractivity contribution in [1.29, 1.82) is 0 Å². The molecule has 1 aliphatic heterocycles. The molecule has 1 saturated heterocycles. The number of rotatable bonds is 4. The van der Waals surface area contributed by atoms with E-state index in [9.17, 15) is 14.4 Å². The summed E-state index contributed by atoms with van der Waals surface area (Å²) in [6.45, 7) is 4.14. The van der Waals surface area contributed by atoms with Crippen LogP contribution in [0.4, 0.5) is 10.5 Å². The molecule has 7 heteroatoms. The Bertz CT molecular complexity index is 968. The van der Waals surface area contributed by atoms with Gasteiger partial charge in [-0.1, -0.05) is 34.1 Å². The summed E-state index contributed by atoms with van der Waals surface area (Å²) in [5.41, 5.74) is 1.69. The number of imide groups is 2. The molecule has 4 amide bonds. The molecule has 0 unspecified atom stereocenters. The SMILES string of the molecule is CCOc1ccccc1/C=C1\C(=O)NC(=O)N(c2ccc(Br)c(C)c2)C1=O. The minimum absolute atomic E-state index is 0.137. The van der Waals surface area contributed by atoms with Crippen molar-refractivity contribution in [2.24, 2.45) is 0 Å². The molecule has 0 aromatic heterocycles. The standard InChI is InChI=1S/C20H17BrN2O4/c1-3-27-17-7-5-4-6-13(17)11-15-18(24)22-20(26)23(19(15)25)14-8-9-16(21)12(2)10-14/h4-11H,3H2,1-2H3,(H,22,24,26)/b15-11+. The second kappa shape index (κ2) is 7.75. The molecule has 0 radical (unpaired) electrons. The molecule has 2 aromatic rings. The number of barbiturate groups is 1. The fourth-order valence-electron chi connectivity index (χ4n) is 2.70. The first kappa shape index (κ1) is 18.8. The molecule has 1 heterocycles. The Morgan fingerprint density at radius 2 is 1.89 bits per heavy atom. The third-order valence-corrected chi connectivity index (χ3v) is 4.91. The van der Waals surface area contributed by atoms with Gasteiger partial charge >= 0.3 is 6.03 Å². The molecule has 27 heavy (non-hydrogen) atoms. The molecule has 1 fully saturated rings. The predicted molar refractivity (Wildman–Crippen MR) is 105 cm³/mol. The maximum absolute atomic E-state index is 12.9. The number of ether oxygens (including phenoxy) is 1. The summed E-state index contributed by atoms with van der Waals surface area (Å²) >= 11 is 3.39. The number of benzene rings is 2. The van der Waals surface area contributed by atoms with Crippen molar-refractivity contribution in [3.8, 4) is 5.75 Å². The van der Waals surface area contributed by atoms with Crippen LogP contribution in [0, 0.1) is 6.92 Å². The number of nitrogens with one attached hydrogen (secondary N) is 1. The first-order valence-corrected chi connectivity index (χ1v) is 9.11. The minimum atomic E-state index is -0.776. The van der Waals surface area contributed by atoms with E-state index in [1.165, 1.54) is 6.08 Å². The van der Waals surface area contributed by atoms with E-state index in [2.05, 4.69) is 21.2 Å². The van der Waals surface area contributed by atoms with Gasteiger partial charge in [-0.2, -0.15) is 0 Å². The Hall–Kier alpha value is -2.93. The van der Waals surface area contributed by atoms with E-state index in [0.717, 1.165) is 14.9 Å². The van der Waals surface area contributed by atoms with Gasteiger partial charge in [0.25, 0.3) is 11.8 Å². The Morgan fingerprint density at radius 1 is 1.15 bits per heavy atom. The molecule has 138 valence electrons. The van der Waals surface area contributed by atoms with Gasteiger partial charge in [-0.15, -0.1) is 0 Å². The van der Waals surface area contributed by atoms with Crippen LogP contribution >= 0.6 is 15.9 Å². The fraction of sp³-hybridized carbons (Fsp3) is 0.150. The number of nitrogens with zero attached hydrogens (tertiary/aromatic N) is 1. The van der Waals surface area contributed by atoms with Gasteiger partial charge < -0.3 is 4.74 Å². The zero-order valence-corrected chi connectivity index (χ0v) is 16.4. The van der Waals surface area contributed by atoms with Gasteiger partial charge in [0, 0.05) is 10.0 Å². The lowest BCUT2D eigenvalue weighted by molar-refractivity contribution is -0.122. The average molecular weight is 429 g/mol. The molecule has 1 N–H and O–H groups in total. The average Bonchev–Trinajstić information content (AvgIpc) is 2.63. The van der Waals surface area contributed by atoms with Crippen LogP contribution < -0.4 is 15.0 Å². The van der Waals surface area contributed by atoms with Crippen LogP contribution in [0.3, 0.4) is 0 Å². The third kappa shape index (κ3) is 3.78. The van der Waals surface area contributed by atoms with Gasteiger partial charge in [0.05, 0.1) is 12.3 Å². The Kier molecular flexibility index (Phi) is 5.41. The van der Waals surface area contributed by atoms with Crippen molar-refractivity contribution in [3.05, 3.63) is 63.6 Å². The van der Waals surface area contributed by atoms with Crippen molar-refractivity contribution in [2.75, 3.05) is 11.5 Å². The maximum atomic E-state index is 12.9. The number of carbonyl (C=O) groups excluding carboxylic acids is 3. The van der Waals surface area contributed by atoms with Gasteiger partial charge in [0.2, 0.25) is 0 Å². The Labute approximate surface area is 164 Å². The quantitative estimate of drug-likeness (QED) is 0.592. The van der Waals surface area contributed by atoms with E-state index < -0.39 is 17.8 Å². The van der Waals surface area contributed by atoms with Crippen molar-refractivity contribution in [1.82, 2.24) is 5.32 Å². The van der Waals surface area contributed by atoms with Crippen LogP contribution in [-0.4, -0.2) is 24.5 Å². The smallest absolute Gasteiger partial charge is 0.335 e. The lowest BCUT2D eigenvalue weighted by Crippen LogP contribution is -2.54. The third-order valence-electron chi connectivity index (χ3n) is 4.02. The molecule has 0 bridgehead atoms. The number of halogens is 1. The summed E-state index contributed by atoms with van der Waals surface area (Å²) in [6.07, 6.45) is 1.44. The van der Waals surface area contributed by atoms with Crippen LogP contribution in [0.25, 0.3) is 6.08 Å². The second-order valence-electron chi connectivity index (χ2n) is 5.86. The number of carbonyl (C=O) groups is 3. The molecule has 3 rings (SSSR count). The van der Waals surface area contributed by atoms with Crippen molar-refractivity contribution >= 4 is 45.5 Å². The minimum Gasteiger partial charge on any atom is -0.493 e. The molecule has 0 atom stereocenters. The molecular formula is C20H17BrN2O4. The van der Waals surface area contributed by atoms with Gasteiger partial charge in [-0.05, 0) is 49.8 Å². The number of amides is 4. The zero-order chi connectivity index (χ0) is 19.6. The highest BCUT2D eigenvalue weighted by atomic mass is 79.9. The topological polar surface area (TPSA) is 75.7 Å². The first-order valence-electron chi connectivity index (χ1n) is 8.31. The highest BCUT2D eigenvalue weighted by molar-refractivity contribution is 9.10. The van der Waals surface area contributed by atoms with Crippen molar-refractivity contribution in [3.63, 3.8) is 0 Å². The number of urea groups is 1. The summed E-state index contributed by atoms with van der Waals surface area (Å²) in [7, 11) is 0. The van der Waals surface area contributed by atoms with Gasteiger partial charge in [-0.25, -0.2) is 9.69 Å². The largest absolute Gasteiger partial charge is 0.493 e. The summed E-state index contributed by atoms with van der Waals surface area (Å²) in [6, 6.07) is 11.4. The lowest BCUT2D eigenvalue weighted by Gasteiger charge is -2.26. The van der Waals surface area contributed by atoms with E-state index >= 15 is 0 Å². The van der Waals surface area contributed by atoms with Gasteiger partial charge in [0.1, 0.15) is 11.3 Å². The molecule has 0 spiro atoms. The van der Waals surface area contributed by atoms with E-state index in [1.54, 1.807) is 42.5 Å². The second-order valence-corrected chi connectivity index (χ2v) is 6.72. The number of hydrogen-bond donors (Lipinski definition) is 1. The Balaban J connectivity index is 2.04. The molecular weight excluding hydrogens is 412 g/mol. The molecule has 2 aromatic carbocycles. The molecule has 1 aliphatic rings. The molecule has 6 nitrogen and oxygen atoms in total. The van der Waals surface area contributed by atoms with E-state index in [4.69, 9.17) is 4.74 Å².